The number of amides is 2. The van der Waals surface area contributed by atoms with Gasteiger partial charge in [0.05, 0.1) is 6.26 Å². The fourth-order valence-corrected chi connectivity index (χ4v) is 3.73. The number of hydrogen-bond donors (Lipinski definition) is 1. The number of para-hydroxylation sites is 1. The van der Waals surface area contributed by atoms with E-state index in [0.29, 0.717) is 24.5 Å². The van der Waals surface area contributed by atoms with E-state index in [2.05, 4.69) is 5.32 Å². The summed E-state index contributed by atoms with van der Waals surface area (Å²) in [6.07, 6.45) is 2.27. The number of nitrogens with zero attached hydrogens (tertiary/aromatic N) is 1. The summed E-state index contributed by atoms with van der Waals surface area (Å²) >= 11 is 0. The average Bonchev–Trinajstić information content (AvgIpc) is 3.27. The van der Waals surface area contributed by atoms with Gasteiger partial charge in [0.25, 0.3) is 11.8 Å². The van der Waals surface area contributed by atoms with Gasteiger partial charge in [0.2, 0.25) is 0 Å². The first-order valence-corrected chi connectivity index (χ1v) is 9.94. The van der Waals surface area contributed by atoms with Gasteiger partial charge in [-0.05, 0) is 66.8 Å². The predicted molar refractivity (Wildman–Crippen MR) is 114 cm³/mol. The van der Waals surface area contributed by atoms with Crippen LogP contribution in [0.2, 0.25) is 0 Å². The van der Waals surface area contributed by atoms with Gasteiger partial charge in [0.15, 0.2) is 12.4 Å². The molecule has 1 aliphatic rings. The maximum Gasteiger partial charge on any atom is 0.289 e. The first kappa shape index (κ1) is 19.8. The molecular formula is C24H24N2O4. The highest BCUT2D eigenvalue weighted by Gasteiger charge is 2.23. The molecule has 0 spiro atoms. The van der Waals surface area contributed by atoms with Crippen molar-refractivity contribution >= 4 is 17.5 Å². The molecule has 0 aliphatic carbocycles. The summed E-state index contributed by atoms with van der Waals surface area (Å²) in [5.74, 6) is 0.732. The van der Waals surface area contributed by atoms with Gasteiger partial charge in [-0.3, -0.25) is 9.59 Å². The lowest BCUT2D eigenvalue weighted by molar-refractivity contribution is -0.118. The predicted octanol–water partition coefficient (Wildman–Crippen LogP) is 4.11. The number of carbonyl (C=O) groups excluding carboxylic acids is 2. The third-order valence-electron chi connectivity index (χ3n) is 5.28. The highest BCUT2D eigenvalue weighted by atomic mass is 16.5. The summed E-state index contributed by atoms with van der Waals surface area (Å²) in [5.41, 5.74) is 4.89. The molecule has 2 aromatic carbocycles. The van der Waals surface area contributed by atoms with E-state index in [-0.39, 0.29) is 18.4 Å². The largest absolute Gasteiger partial charge is 0.483 e. The van der Waals surface area contributed by atoms with Crippen molar-refractivity contribution < 1.29 is 18.7 Å². The molecule has 154 valence electrons. The summed E-state index contributed by atoms with van der Waals surface area (Å²) in [6, 6.07) is 15.1. The van der Waals surface area contributed by atoms with Gasteiger partial charge in [-0.15, -0.1) is 0 Å². The van der Waals surface area contributed by atoms with Gasteiger partial charge in [-0.1, -0.05) is 24.3 Å². The molecule has 1 aliphatic heterocycles. The third-order valence-corrected chi connectivity index (χ3v) is 5.28. The van der Waals surface area contributed by atoms with Crippen LogP contribution >= 0.6 is 0 Å². The summed E-state index contributed by atoms with van der Waals surface area (Å²) in [6.45, 7) is 4.98. The molecule has 0 bridgehead atoms. The molecule has 0 fully saturated rings. The van der Waals surface area contributed by atoms with Gasteiger partial charge in [-0.2, -0.15) is 0 Å². The maximum atomic E-state index is 12.6. The Morgan fingerprint density at radius 1 is 1.07 bits per heavy atom. The Kier molecular flexibility index (Phi) is 5.57. The van der Waals surface area contributed by atoms with E-state index in [1.54, 1.807) is 17.0 Å². The number of fused-ring (bicyclic) bond motifs is 1. The Morgan fingerprint density at radius 2 is 1.87 bits per heavy atom. The Labute approximate surface area is 175 Å². The second-order valence-electron chi connectivity index (χ2n) is 7.50. The van der Waals surface area contributed by atoms with E-state index < -0.39 is 0 Å². The number of rotatable bonds is 5. The van der Waals surface area contributed by atoms with Crippen molar-refractivity contribution in [2.24, 2.45) is 0 Å². The second kappa shape index (κ2) is 8.45. The van der Waals surface area contributed by atoms with Crippen LogP contribution in [0.15, 0.2) is 59.2 Å². The Morgan fingerprint density at radius 3 is 2.60 bits per heavy atom. The SMILES string of the molecule is Cc1cccc(C)c1OCC(=O)Nc1ccc2c(c1)CN(C(=O)c1ccco1)CC2. The fraction of sp³-hybridized carbons (Fsp3) is 0.250. The van der Waals surface area contributed by atoms with E-state index in [1.165, 1.54) is 11.8 Å². The molecule has 0 atom stereocenters. The van der Waals surface area contributed by atoms with Gasteiger partial charge in [0.1, 0.15) is 5.75 Å². The maximum absolute atomic E-state index is 12.6. The molecule has 0 unspecified atom stereocenters. The summed E-state index contributed by atoms with van der Waals surface area (Å²) in [7, 11) is 0. The van der Waals surface area contributed by atoms with Crippen LogP contribution < -0.4 is 10.1 Å². The minimum absolute atomic E-state index is 0.0636. The van der Waals surface area contributed by atoms with Crippen molar-refractivity contribution in [1.29, 1.82) is 0 Å². The lowest BCUT2D eigenvalue weighted by Crippen LogP contribution is -2.35. The third kappa shape index (κ3) is 4.22. The monoisotopic (exact) mass is 404 g/mol. The fourth-order valence-electron chi connectivity index (χ4n) is 3.73. The molecule has 3 aromatic rings. The number of carbonyl (C=O) groups is 2. The highest BCUT2D eigenvalue weighted by Crippen LogP contribution is 2.25. The summed E-state index contributed by atoms with van der Waals surface area (Å²) in [4.78, 5) is 26.7. The zero-order valence-electron chi connectivity index (χ0n) is 17.1. The molecule has 2 amide bonds. The van der Waals surface area contributed by atoms with Crippen LogP contribution in [0.3, 0.4) is 0 Å². The Hall–Kier alpha value is -3.54. The molecular weight excluding hydrogens is 380 g/mol. The topological polar surface area (TPSA) is 71.8 Å². The van der Waals surface area contributed by atoms with E-state index in [9.17, 15) is 9.59 Å². The van der Waals surface area contributed by atoms with Crippen molar-refractivity contribution in [1.82, 2.24) is 4.90 Å². The lowest BCUT2D eigenvalue weighted by Gasteiger charge is -2.28. The first-order valence-electron chi connectivity index (χ1n) is 9.94. The van der Waals surface area contributed by atoms with E-state index in [1.807, 2.05) is 50.2 Å². The summed E-state index contributed by atoms with van der Waals surface area (Å²) in [5, 5.41) is 2.89. The van der Waals surface area contributed by atoms with Gasteiger partial charge in [-0.25, -0.2) is 0 Å². The second-order valence-corrected chi connectivity index (χ2v) is 7.50. The number of benzene rings is 2. The number of ether oxygens (including phenoxy) is 1. The molecule has 6 heteroatoms. The molecule has 6 nitrogen and oxygen atoms in total. The smallest absolute Gasteiger partial charge is 0.289 e. The zero-order chi connectivity index (χ0) is 21.1. The molecule has 0 radical (unpaired) electrons. The van der Waals surface area contributed by atoms with Crippen molar-refractivity contribution in [2.75, 3.05) is 18.5 Å². The minimum Gasteiger partial charge on any atom is -0.483 e. The minimum atomic E-state index is -0.225. The van der Waals surface area contributed by atoms with E-state index in [4.69, 9.17) is 9.15 Å². The molecule has 0 saturated heterocycles. The number of aryl methyl sites for hydroxylation is 2. The van der Waals surface area contributed by atoms with Crippen molar-refractivity contribution in [3.05, 3.63) is 82.8 Å². The van der Waals surface area contributed by atoms with Crippen molar-refractivity contribution in [3.8, 4) is 5.75 Å². The standard InChI is InChI=1S/C24H24N2O4/c1-16-5-3-6-17(2)23(16)30-15-22(27)25-20-9-8-18-10-11-26(14-19(18)13-20)24(28)21-7-4-12-29-21/h3-9,12-13H,10-11,14-15H2,1-2H3,(H,25,27). The van der Waals surface area contributed by atoms with Crippen molar-refractivity contribution in [3.63, 3.8) is 0 Å². The molecule has 2 heterocycles. The van der Waals surface area contributed by atoms with Crippen LogP contribution in [0.4, 0.5) is 5.69 Å². The number of hydrogen-bond acceptors (Lipinski definition) is 4. The lowest BCUT2D eigenvalue weighted by atomic mass is 9.99. The van der Waals surface area contributed by atoms with Crippen LogP contribution in [0.1, 0.15) is 32.8 Å². The van der Waals surface area contributed by atoms with Crippen LogP contribution in [0.5, 0.6) is 5.75 Å². The average molecular weight is 404 g/mol. The molecule has 4 rings (SSSR count). The van der Waals surface area contributed by atoms with Crippen molar-refractivity contribution in [2.45, 2.75) is 26.8 Å². The van der Waals surface area contributed by atoms with Crippen LogP contribution in [0.25, 0.3) is 0 Å². The summed E-state index contributed by atoms with van der Waals surface area (Å²) < 4.78 is 11.0. The normalized spacial score (nSPS) is 12.9. The van der Waals surface area contributed by atoms with E-state index >= 15 is 0 Å². The van der Waals surface area contributed by atoms with Gasteiger partial charge < -0.3 is 19.4 Å². The van der Waals surface area contributed by atoms with Gasteiger partial charge in [0, 0.05) is 18.8 Å². The Balaban J connectivity index is 1.40. The molecule has 0 saturated carbocycles. The first-order chi connectivity index (χ1) is 14.5. The van der Waals surface area contributed by atoms with Gasteiger partial charge >= 0.3 is 0 Å². The van der Waals surface area contributed by atoms with Crippen LogP contribution in [0, 0.1) is 13.8 Å². The Bertz CT molecular complexity index is 1050. The van der Waals surface area contributed by atoms with Crippen LogP contribution in [-0.4, -0.2) is 29.9 Å². The number of anilines is 1. The molecule has 30 heavy (non-hydrogen) atoms. The highest BCUT2D eigenvalue weighted by molar-refractivity contribution is 5.93. The molecule has 1 N–H and O–H groups in total. The van der Waals surface area contributed by atoms with Crippen LogP contribution in [-0.2, 0) is 17.8 Å². The van der Waals surface area contributed by atoms with E-state index in [0.717, 1.165) is 28.9 Å². The zero-order valence-corrected chi connectivity index (χ0v) is 17.1. The quantitative estimate of drug-likeness (QED) is 0.695. The number of nitrogens with one attached hydrogen (secondary N) is 1. The molecule has 1 aromatic heterocycles. The number of furan rings is 1.